The number of nitrogen functional groups attached to an aromatic ring is 1. The summed E-state index contributed by atoms with van der Waals surface area (Å²) in [5, 5.41) is 27.6. The summed E-state index contributed by atoms with van der Waals surface area (Å²) in [5.41, 5.74) is 13.6. The van der Waals surface area contributed by atoms with Crippen molar-refractivity contribution >= 4 is 40.2 Å². The van der Waals surface area contributed by atoms with E-state index in [1.807, 2.05) is 61.2 Å². The lowest BCUT2D eigenvalue weighted by atomic mass is 9.94. The van der Waals surface area contributed by atoms with Crippen LogP contribution in [0.4, 0.5) is 11.5 Å². The number of nitrogens with two attached hydrogens (primary N) is 1. The van der Waals surface area contributed by atoms with Gasteiger partial charge in [-0.1, -0.05) is 54.1 Å². The van der Waals surface area contributed by atoms with Crippen molar-refractivity contribution in [3.05, 3.63) is 100.0 Å². The Morgan fingerprint density at radius 1 is 1.00 bits per heavy atom. The number of anilines is 2. The third-order valence-corrected chi connectivity index (χ3v) is 7.28. The maximum atomic E-state index is 11.7. The van der Waals surface area contributed by atoms with E-state index in [-0.39, 0.29) is 16.6 Å². The van der Waals surface area contributed by atoms with E-state index >= 15 is 0 Å². The van der Waals surface area contributed by atoms with Gasteiger partial charge in [-0.25, -0.2) is 14.6 Å². The monoisotopic (exact) mass is 524 g/mol. The van der Waals surface area contributed by atoms with Crippen LogP contribution in [0, 0.1) is 13.8 Å². The van der Waals surface area contributed by atoms with Crippen LogP contribution in [0.15, 0.2) is 72.7 Å². The van der Waals surface area contributed by atoms with Gasteiger partial charge in [-0.3, -0.25) is 0 Å². The number of hydrogen-bond acceptors (Lipinski definition) is 7. The number of fused-ring (bicyclic) bond motifs is 2. The molecule has 0 saturated carbocycles. The number of phenolic OH excluding ortho intramolecular Hbond substituents is 1. The molecule has 1 aliphatic heterocycles. The molecule has 4 N–H and O–H groups in total. The van der Waals surface area contributed by atoms with Gasteiger partial charge in [0.05, 0.1) is 17.0 Å². The van der Waals surface area contributed by atoms with Crippen LogP contribution in [0.1, 0.15) is 28.5 Å². The summed E-state index contributed by atoms with van der Waals surface area (Å²) in [6.07, 6.45) is 2.59. The van der Waals surface area contributed by atoms with E-state index in [4.69, 9.17) is 22.4 Å². The van der Waals surface area contributed by atoms with E-state index in [2.05, 4.69) is 16.0 Å². The fourth-order valence-corrected chi connectivity index (χ4v) is 5.23. The minimum atomic E-state index is -0.887. The molecule has 38 heavy (non-hydrogen) atoms. The van der Waals surface area contributed by atoms with Crippen molar-refractivity contribution in [3.63, 3.8) is 0 Å². The van der Waals surface area contributed by atoms with Crippen molar-refractivity contribution in [1.29, 1.82) is 0 Å². The molecule has 2 aromatic heterocycles. The number of phenols is 1. The summed E-state index contributed by atoms with van der Waals surface area (Å²) in [6.45, 7) is 4.33. The Morgan fingerprint density at radius 2 is 1.79 bits per heavy atom. The molecule has 0 bridgehead atoms. The highest BCUT2D eigenvalue weighted by atomic mass is 35.5. The SMILES string of the molecule is Cc1ccccc1N1C(Cn2nc(-c3ccc(Cl)c(O)c3)c3c(N)ncnc32)=Cc2cccc(C)c2C1O. The number of nitrogens with zero attached hydrogens (tertiary/aromatic N) is 5. The molecule has 6 rings (SSSR count). The Balaban J connectivity index is 1.54. The molecular weight excluding hydrogens is 500 g/mol. The van der Waals surface area contributed by atoms with Crippen LogP contribution in [0.5, 0.6) is 5.75 Å². The second-order valence-corrected chi connectivity index (χ2v) is 9.78. The number of halogens is 1. The number of para-hydroxylation sites is 1. The Kier molecular flexibility index (Phi) is 5.78. The average Bonchev–Trinajstić information content (AvgIpc) is 3.26. The zero-order valence-corrected chi connectivity index (χ0v) is 21.6. The second kappa shape index (κ2) is 9.16. The molecule has 0 amide bonds. The number of hydrogen-bond donors (Lipinski definition) is 3. The first kappa shape index (κ1) is 24.0. The topological polar surface area (TPSA) is 113 Å². The molecule has 1 atom stereocenters. The van der Waals surface area contributed by atoms with Crippen LogP contribution in [0.25, 0.3) is 28.4 Å². The van der Waals surface area contributed by atoms with E-state index in [0.29, 0.717) is 28.8 Å². The van der Waals surface area contributed by atoms with Crippen molar-refractivity contribution in [2.75, 3.05) is 10.6 Å². The second-order valence-electron chi connectivity index (χ2n) is 9.37. The molecule has 0 aliphatic carbocycles. The highest BCUT2D eigenvalue weighted by Crippen LogP contribution is 2.41. The Hall–Kier alpha value is -4.40. The predicted molar refractivity (Wildman–Crippen MR) is 150 cm³/mol. The predicted octanol–water partition coefficient (Wildman–Crippen LogP) is 5.60. The molecule has 3 heterocycles. The molecule has 8 nitrogen and oxygen atoms in total. The van der Waals surface area contributed by atoms with Crippen LogP contribution in [0.3, 0.4) is 0 Å². The number of aryl methyl sites for hydroxylation is 2. The molecular formula is C29H25ClN6O2. The van der Waals surface area contributed by atoms with Gasteiger partial charge >= 0.3 is 0 Å². The van der Waals surface area contributed by atoms with Crippen LogP contribution in [-0.2, 0) is 6.54 Å². The number of aliphatic hydroxyl groups is 1. The number of rotatable bonds is 4. The molecule has 190 valence electrons. The van der Waals surface area contributed by atoms with Crippen molar-refractivity contribution in [1.82, 2.24) is 19.7 Å². The maximum Gasteiger partial charge on any atom is 0.164 e. The summed E-state index contributed by atoms with van der Waals surface area (Å²) < 4.78 is 1.75. The van der Waals surface area contributed by atoms with Gasteiger partial charge in [-0.2, -0.15) is 5.10 Å². The molecule has 1 aliphatic rings. The molecule has 3 aromatic carbocycles. The van der Waals surface area contributed by atoms with Crippen LogP contribution in [-0.4, -0.2) is 30.0 Å². The van der Waals surface area contributed by atoms with Crippen LogP contribution >= 0.6 is 11.6 Å². The lowest BCUT2D eigenvalue weighted by molar-refractivity contribution is 0.176. The molecule has 0 fully saturated rings. The van der Waals surface area contributed by atoms with Crippen molar-refractivity contribution in [2.45, 2.75) is 26.6 Å². The van der Waals surface area contributed by atoms with Gasteiger partial charge in [0.15, 0.2) is 11.9 Å². The van der Waals surface area contributed by atoms with Gasteiger partial charge in [0.25, 0.3) is 0 Å². The fourth-order valence-electron chi connectivity index (χ4n) is 5.12. The number of aromatic nitrogens is 4. The normalized spacial score (nSPS) is 15.0. The quantitative estimate of drug-likeness (QED) is 0.280. The van der Waals surface area contributed by atoms with Gasteiger partial charge < -0.3 is 20.8 Å². The Labute approximate surface area is 224 Å². The molecule has 9 heteroatoms. The first-order chi connectivity index (χ1) is 18.3. The smallest absolute Gasteiger partial charge is 0.164 e. The van der Waals surface area contributed by atoms with E-state index < -0.39 is 6.23 Å². The Bertz CT molecular complexity index is 1750. The number of allylic oxidation sites excluding steroid dienone is 1. The Morgan fingerprint density at radius 3 is 2.58 bits per heavy atom. The standard InChI is InChI=1S/C29H25ClN6O2/c1-16-6-3-4-9-22(16)36-20(12-18-8-5-7-17(2)24(18)29(36)38)14-35-28-25(27(31)32-15-33-28)26(34-35)19-10-11-21(30)23(37)13-19/h3-13,15,29,37-38H,14H2,1-2H3,(H2,31,32,33). The van der Waals surface area contributed by atoms with Gasteiger partial charge in [0.2, 0.25) is 0 Å². The van der Waals surface area contributed by atoms with E-state index in [0.717, 1.165) is 33.6 Å². The zero-order chi connectivity index (χ0) is 26.6. The molecule has 0 saturated heterocycles. The van der Waals surface area contributed by atoms with E-state index in [1.165, 1.54) is 6.33 Å². The summed E-state index contributed by atoms with van der Waals surface area (Å²) in [6, 6.07) is 18.9. The first-order valence-electron chi connectivity index (χ1n) is 12.1. The first-order valence-corrected chi connectivity index (χ1v) is 12.5. The van der Waals surface area contributed by atoms with Crippen molar-refractivity contribution in [2.24, 2.45) is 0 Å². The number of aromatic hydroxyl groups is 1. The average molecular weight is 525 g/mol. The van der Waals surface area contributed by atoms with Gasteiger partial charge in [0, 0.05) is 22.5 Å². The lowest BCUT2D eigenvalue weighted by Gasteiger charge is -2.38. The molecule has 1 unspecified atom stereocenters. The summed E-state index contributed by atoms with van der Waals surface area (Å²) >= 11 is 6.04. The van der Waals surface area contributed by atoms with Gasteiger partial charge in [-0.05, 0) is 54.8 Å². The van der Waals surface area contributed by atoms with Gasteiger partial charge in [0.1, 0.15) is 23.6 Å². The van der Waals surface area contributed by atoms with E-state index in [9.17, 15) is 10.2 Å². The maximum absolute atomic E-state index is 11.7. The third-order valence-electron chi connectivity index (χ3n) is 6.96. The number of aliphatic hydroxyl groups excluding tert-OH is 1. The molecule has 5 aromatic rings. The summed E-state index contributed by atoms with van der Waals surface area (Å²) in [4.78, 5) is 10.6. The highest BCUT2D eigenvalue weighted by Gasteiger charge is 2.31. The van der Waals surface area contributed by atoms with Crippen LogP contribution < -0.4 is 10.6 Å². The third kappa shape index (κ3) is 3.86. The van der Waals surface area contributed by atoms with Crippen molar-refractivity contribution in [3.8, 4) is 17.0 Å². The highest BCUT2D eigenvalue weighted by molar-refractivity contribution is 6.32. The lowest BCUT2D eigenvalue weighted by Crippen LogP contribution is -2.34. The molecule has 0 spiro atoms. The van der Waals surface area contributed by atoms with Crippen LogP contribution in [0.2, 0.25) is 5.02 Å². The van der Waals surface area contributed by atoms with E-state index in [1.54, 1.807) is 22.9 Å². The number of benzene rings is 3. The minimum absolute atomic E-state index is 0.0573. The fraction of sp³-hybridized carbons (Fsp3) is 0.138. The minimum Gasteiger partial charge on any atom is -0.506 e. The largest absolute Gasteiger partial charge is 0.506 e. The van der Waals surface area contributed by atoms with Crippen molar-refractivity contribution < 1.29 is 10.2 Å². The molecule has 0 radical (unpaired) electrons. The zero-order valence-electron chi connectivity index (χ0n) is 20.8. The summed E-state index contributed by atoms with van der Waals surface area (Å²) in [7, 11) is 0. The summed E-state index contributed by atoms with van der Waals surface area (Å²) in [5.74, 6) is 0.221. The van der Waals surface area contributed by atoms with Gasteiger partial charge in [-0.15, -0.1) is 0 Å².